The van der Waals surface area contributed by atoms with Gasteiger partial charge in [0.1, 0.15) is 5.82 Å². The van der Waals surface area contributed by atoms with Crippen molar-refractivity contribution in [3.05, 3.63) is 101 Å². The number of hydrogen-bond acceptors (Lipinski definition) is 3. The second-order valence-electron chi connectivity index (χ2n) is 6.62. The van der Waals surface area contributed by atoms with Crippen molar-refractivity contribution in [3.63, 3.8) is 0 Å². The first-order valence-corrected chi connectivity index (χ1v) is 8.95. The Morgan fingerprint density at radius 1 is 0.929 bits per heavy atom. The molecule has 0 N–H and O–H groups in total. The van der Waals surface area contributed by atoms with Gasteiger partial charge in [0, 0.05) is 11.6 Å². The van der Waals surface area contributed by atoms with Crippen molar-refractivity contribution in [3.8, 4) is 11.1 Å². The molecule has 0 saturated heterocycles. The Kier molecular flexibility index (Phi) is 4.85. The third-order valence-corrected chi connectivity index (χ3v) is 4.75. The SMILES string of the molecule is O=C(C=Cc1ccc(F)cc1)OCC(=O)c1ccc2c(c1)-c1ccccc1C2. The number of esters is 1. The number of carbonyl (C=O) groups excluding carboxylic acids is 2. The average Bonchev–Trinajstić information content (AvgIpc) is 3.09. The zero-order valence-electron chi connectivity index (χ0n) is 15.0. The largest absolute Gasteiger partial charge is 0.454 e. The van der Waals surface area contributed by atoms with Gasteiger partial charge in [0.2, 0.25) is 0 Å². The Balaban J connectivity index is 1.40. The third kappa shape index (κ3) is 3.76. The number of ether oxygens (including phenoxy) is 1. The number of halogens is 1. The van der Waals surface area contributed by atoms with Gasteiger partial charge >= 0.3 is 5.97 Å². The number of benzene rings is 3. The summed E-state index contributed by atoms with van der Waals surface area (Å²) in [6.07, 6.45) is 3.60. The van der Waals surface area contributed by atoms with E-state index in [2.05, 4.69) is 12.1 Å². The molecule has 3 nitrogen and oxygen atoms in total. The Morgan fingerprint density at radius 3 is 2.50 bits per heavy atom. The van der Waals surface area contributed by atoms with Crippen LogP contribution in [0.4, 0.5) is 4.39 Å². The normalized spacial score (nSPS) is 11.9. The minimum Gasteiger partial charge on any atom is -0.454 e. The summed E-state index contributed by atoms with van der Waals surface area (Å²) in [5.41, 5.74) is 5.83. The molecule has 3 aromatic rings. The van der Waals surface area contributed by atoms with Crippen molar-refractivity contribution in [2.75, 3.05) is 6.61 Å². The number of rotatable bonds is 5. The molecular weight excluding hydrogens is 355 g/mol. The molecule has 138 valence electrons. The minimum atomic E-state index is -0.621. The summed E-state index contributed by atoms with van der Waals surface area (Å²) in [6.45, 7) is -0.326. The van der Waals surface area contributed by atoms with Crippen molar-refractivity contribution >= 4 is 17.8 Å². The zero-order valence-corrected chi connectivity index (χ0v) is 15.0. The molecule has 3 aromatic carbocycles. The molecule has 0 spiro atoms. The van der Waals surface area contributed by atoms with E-state index in [0.29, 0.717) is 11.1 Å². The van der Waals surface area contributed by atoms with Crippen LogP contribution in [-0.2, 0) is 16.0 Å². The summed E-state index contributed by atoms with van der Waals surface area (Å²) in [5.74, 6) is -1.22. The Bertz CT molecular complexity index is 1080. The topological polar surface area (TPSA) is 43.4 Å². The third-order valence-electron chi connectivity index (χ3n) is 4.75. The van der Waals surface area contributed by atoms with Crippen LogP contribution in [0.5, 0.6) is 0 Å². The van der Waals surface area contributed by atoms with E-state index in [1.807, 2.05) is 24.3 Å². The number of hydrogen-bond donors (Lipinski definition) is 0. The summed E-state index contributed by atoms with van der Waals surface area (Å²) >= 11 is 0. The van der Waals surface area contributed by atoms with Gasteiger partial charge < -0.3 is 4.74 Å². The Morgan fingerprint density at radius 2 is 1.68 bits per heavy atom. The molecule has 1 aliphatic rings. The second kappa shape index (κ2) is 7.61. The van der Waals surface area contributed by atoms with E-state index in [4.69, 9.17) is 4.74 Å². The highest BCUT2D eigenvalue weighted by Crippen LogP contribution is 2.36. The van der Waals surface area contributed by atoms with Crippen LogP contribution in [0.15, 0.2) is 72.8 Å². The number of carbonyl (C=O) groups is 2. The lowest BCUT2D eigenvalue weighted by Gasteiger charge is -2.06. The Labute approximate surface area is 162 Å². The van der Waals surface area contributed by atoms with E-state index < -0.39 is 5.97 Å². The van der Waals surface area contributed by atoms with E-state index in [9.17, 15) is 14.0 Å². The molecule has 0 aliphatic heterocycles. The quantitative estimate of drug-likeness (QED) is 0.286. The molecule has 0 atom stereocenters. The van der Waals surface area contributed by atoms with Gasteiger partial charge in [0.25, 0.3) is 0 Å². The zero-order chi connectivity index (χ0) is 19.5. The van der Waals surface area contributed by atoms with E-state index in [0.717, 1.165) is 17.5 Å². The summed E-state index contributed by atoms with van der Waals surface area (Å²) in [5, 5.41) is 0. The van der Waals surface area contributed by atoms with Gasteiger partial charge in [-0.1, -0.05) is 48.5 Å². The molecule has 0 heterocycles. The molecule has 0 fully saturated rings. The van der Waals surface area contributed by atoms with E-state index in [-0.39, 0.29) is 18.2 Å². The van der Waals surface area contributed by atoms with Gasteiger partial charge in [0.05, 0.1) is 0 Å². The lowest BCUT2D eigenvalue weighted by molar-refractivity contribution is -0.136. The number of Topliss-reactive ketones (excluding diaryl/α,β-unsaturated/α-hetero) is 1. The van der Waals surface area contributed by atoms with Crippen LogP contribution in [0.2, 0.25) is 0 Å². The highest BCUT2D eigenvalue weighted by Gasteiger charge is 2.19. The molecule has 28 heavy (non-hydrogen) atoms. The molecule has 0 radical (unpaired) electrons. The van der Waals surface area contributed by atoms with E-state index in [1.165, 1.54) is 35.4 Å². The molecule has 0 unspecified atom stereocenters. The van der Waals surface area contributed by atoms with Crippen molar-refractivity contribution in [1.82, 2.24) is 0 Å². The van der Waals surface area contributed by atoms with Gasteiger partial charge in [0.15, 0.2) is 12.4 Å². The number of fused-ring (bicyclic) bond motifs is 3. The smallest absolute Gasteiger partial charge is 0.331 e. The van der Waals surface area contributed by atoms with Crippen LogP contribution >= 0.6 is 0 Å². The van der Waals surface area contributed by atoms with Crippen LogP contribution in [0.25, 0.3) is 17.2 Å². The maximum absolute atomic E-state index is 12.9. The first-order chi connectivity index (χ1) is 13.6. The predicted octanol–water partition coefficient (Wildman–Crippen LogP) is 4.84. The highest BCUT2D eigenvalue weighted by atomic mass is 19.1. The summed E-state index contributed by atoms with van der Waals surface area (Å²) in [7, 11) is 0. The molecule has 4 rings (SSSR count). The monoisotopic (exact) mass is 372 g/mol. The van der Waals surface area contributed by atoms with Crippen molar-refractivity contribution in [1.29, 1.82) is 0 Å². The van der Waals surface area contributed by atoms with Crippen molar-refractivity contribution < 1.29 is 18.7 Å². The molecular formula is C24H17FO3. The maximum atomic E-state index is 12.9. The van der Waals surface area contributed by atoms with Crippen LogP contribution < -0.4 is 0 Å². The fourth-order valence-corrected chi connectivity index (χ4v) is 3.30. The predicted molar refractivity (Wildman–Crippen MR) is 105 cm³/mol. The summed E-state index contributed by atoms with van der Waals surface area (Å²) in [6, 6.07) is 19.4. The van der Waals surface area contributed by atoms with E-state index in [1.54, 1.807) is 18.2 Å². The minimum absolute atomic E-state index is 0.254. The molecule has 4 heteroatoms. The standard InChI is InChI=1S/C24H17FO3/c25-20-10-5-16(6-11-20)7-12-24(27)28-15-23(26)19-9-8-18-13-17-3-1-2-4-21(17)22(18)14-19/h1-12,14H,13,15H2. The molecule has 0 bridgehead atoms. The Hall–Kier alpha value is -3.53. The second-order valence-corrected chi connectivity index (χ2v) is 6.62. The van der Waals surface area contributed by atoms with Crippen molar-refractivity contribution in [2.24, 2.45) is 0 Å². The van der Waals surface area contributed by atoms with Gasteiger partial charge in [-0.15, -0.1) is 0 Å². The highest BCUT2D eigenvalue weighted by molar-refractivity contribution is 6.00. The van der Waals surface area contributed by atoms with Crippen molar-refractivity contribution in [2.45, 2.75) is 6.42 Å². The average molecular weight is 372 g/mol. The van der Waals surface area contributed by atoms with Crippen LogP contribution in [0, 0.1) is 5.82 Å². The number of ketones is 1. The van der Waals surface area contributed by atoms with Gasteiger partial charge in [-0.2, -0.15) is 0 Å². The maximum Gasteiger partial charge on any atom is 0.331 e. The van der Waals surface area contributed by atoms with Gasteiger partial charge in [-0.3, -0.25) is 4.79 Å². The molecule has 0 amide bonds. The first kappa shape index (κ1) is 17.9. The lowest BCUT2D eigenvalue weighted by atomic mass is 10.0. The van der Waals surface area contributed by atoms with Crippen LogP contribution in [-0.4, -0.2) is 18.4 Å². The first-order valence-electron chi connectivity index (χ1n) is 8.95. The van der Waals surface area contributed by atoms with Crippen LogP contribution in [0.3, 0.4) is 0 Å². The fraction of sp³-hybridized carbons (Fsp3) is 0.0833. The van der Waals surface area contributed by atoms with E-state index >= 15 is 0 Å². The molecule has 0 saturated carbocycles. The molecule has 1 aliphatic carbocycles. The summed E-state index contributed by atoms with van der Waals surface area (Å²) < 4.78 is 17.9. The lowest BCUT2D eigenvalue weighted by Crippen LogP contribution is -2.12. The fourth-order valence-electron chi connectivity index (χ4n) is 3.30. The summed E-state index contributed by atoms with van der Waals surface area (Å²) in [4.78, 5) is 24.3. The molecule has 0 aromatic heterocycles. The van der Waals surface area contributed by atoms with Gasteiger partial charge in [-0.25, -0.2) is 9.18 Å². The van der Waals surface area contributed by atoms with Crippen LogP contribution in [0.1, 0.15) is 27.0 Å². The van der Waals surface area contributed by atoms with Gasteiger partial charge in [-0.05, 0) is 58.5 Å².